The zero-order valence-corrected chi connectivity index (χ0v) is 4.96. The van der Waals surface area contributed by atoms with E-state index in [-0.39, 0.29) is 50.1 Å². The molecule has 2 N–H and O–H groups in total. The van der Waals surface area contributed by atoms with E-state index >= 15 is 0 Å². The topological polar surface area (TPSA) is 31.5 Å². The predicted octanol–water partition coefficient (Wildman–Crippen LogP) is -0.572. The van der Waals surface area contributed by atoms with Gasteiger partial charge in [-0.25, -0.2) is 0 Å². The summed E-state index contributed by atoms with van der Waals surface area (Å²) in [6, 6.07) is 0. The van der Waals surface area contributed by atoms with Crippen molar-refractivity contribution in [3.8, 4) is 0 Å². The molecule has 0 saturated carbocycles. The first-order chi connectivity index (χ1) is 0. The van der Waals surface area contributed by atoms with Crippen molar-refractivity contribution in [1.29, 1.82) is 0 Å². The van der Waals surface area contributed by atoms with Gasteiger partial charge in [-0.05, 0) is 0 Å². The van der Waals surface area contributed by atoms with E-state index < -0.39 is 0 Å². The molecule has 0 aliphatic heterocycles. The zero-order valence-electron chi connectivity index (χ0n) is 1.50. The van der Waals surface area contributed by atoms with Crippen molar-refractivity contribution in [2.24, 2.45) is 0 Å². The number of hydrogen-bond acceptors (Lipinski definition) is 0. The summed E-state index contributed by atoms with van der Waals surface area (Å²) >= 11 is 0. The molecule has 0 amide bonds. The molecule has 0 aromatic carbocycles. The molecule has 3 heteroatoms. The average Bonchev–Trinajstić information content (AvgIpc) is 0. The van der Waals surface area contributed by atoms with Crippen molar-refractivity contribution in [1.82, 2.24) is 0 Å². The van der Waals surface area contributed by atoms with E-state index in [0.717, 1.165) is 0 Å². The largest absolute Gasteiger partial charge is 0.412 e. The first kappa shape index (κ1) is 74.2. The molecular weight excluding hydrogens is 147 g/mol. The van der Waals surface area contributed by atoms with E-state index in [1.165, 1.54) is 0 Å². The molecule has 0 spiro atoms. The van der Waals surface area contributed by atoms with Gasteiger partial charge in [-0.1, -0.05) is 7.43 Å². The van der Waals surface area contributed by atoms with Crippen LogP contribution in [0.3, 0.4) is 0 Å². The molecule has 0 aliphatic rings. The Labute approximate surface area is 50.2 Å². The third-order valence-corrected chi connectivity index (χ3v) is 0. The SMILES string of the molecule is C.O.[Si].[Zr]. The molecule has 24 valence electrons. The number of rotatable bonds is 0. The summed E-state index contributed by atoms with van der Waals surface area (Å²) in [5.74, 6) is 0. The molecular formula is CH6OSiZr. The summed E-state index contributed by atoms with van der Waals surface area (Å²) in [6.45, 7) is 0. The van der Waals surface area contributed by atoms with Crippen LogP contribution in [-0.2, 0) is 26.2 Å². The average molecular weight is 153 g/mol. The van der Waals surface area contributed by atoms with Gasteiger partial charge in [0.15, 0.2) is 0 Å². The third-order valence-electron chi connectivity index (χ3n) is 0. The fourth-order valence-corrected chi connectivity index (χ4v) is 0. The fourth-order valence-electron chi connectivity index (χ4n) is 0. The van der Waals surface area contributed by atoms with Gasteiger partial charge >= 0.3 is 0 Å². The van der Waals surface area contributed by atoms with E-state index in [1.807, 2.05) is 0 Å². The summed E-state index contributed by atoms with van der Waals surface area (Å²) in [5.41, 5.74) is 0. The third kappa shape index (κ3) is 11.6. The number of hydrogen-bond donors (Lipinski definition) is 0. The van der Waals surface area contributed by atoms with Crippen LogP contribution in [0.5, 0.6) is 0 Å². The van der Waals surface area contributed by atoms with Gasteiger partial charge in [0, 0.05) is 37.2 Å². The Kier molecular flexibility index (Phi) is 628. The first-order valence-electron chi connectivity index (χ1n) is 0. The molecule has 0 rings (SSSR count). The van der Waals surface area contributed by atoms with Crippen molar-refractivity contribution in [2.75, 3.05) is 0 Å². The molecule has 0 atom stereocenters. The van der Waals surface area contributed by atoms with Gasteiger partial charge in [0.25, 0.3) is 0 Å². The maximum absolute atomic E-state index is 0. The van der Waals surface area contributed by atoms with E-state index in [2.05, 4.69) is 0 Å². The minimum Gasteiger partial charge on any atom is -0.412 e. The molecule has 0 unspecified atom stereocenters. The quantitative estimate of drug-likeness (QED) is 0.417. The Hall–Kier alpha value is 1.06. The van der Waals surface area contributed by atoms with Crippen molar-refractivity contribution in [2.45, 2.75) is 7.43 Å². The molecule has 0 bridgehead atoms. The van der Waals surface area contributed by atoms with Gasteiger partial charge in [-0.2, -0.15) is 0 Å². The maximum atomic E-state index is 0. The zero-order chi connectivity index (χ0) is 0. The van der Waals surface area contributed by atoms with E-state index in [4.69, 9.17) is 0 Å². The monoisotopic (exact) mass is 152 g/mol. The second-order valence-electron chi connectivity index (χ2n) is 0. The molecule has 0 aromatic rings. The second kappa shape index (κ2) is 33.8. The van der Waals surface area contributed by atoms with Crippen LogP contribution in [0, 0.1) is 0 Å². The molecule has 1 nitrogen and oxygen atoms in total. The summed E-state index contributed by atoms with van der Waals surface area (Å²) in [7, 11) is 0. The fraction of sp³-hybridized carbons (Fsp3) is 1.00. The molecule has 0 fully saturated rings. The summed E-state index contributed by atoms with van der Waals surface area (Å²) < 4.78 is 0. The molecule has 4 radical (unpaired) electrons. The van der Waals surface area contributed by atoms with E-state index in [0.29, 0.717) is 0 Å². The predicted molar refractivity (Wildman–Crippen MR) is 16.1 cm³/mol. The molecule has 0 heterocycles. The standard InChI is InChI=1S/CH4.H2O.Si.Zr/h1H4;1H2;;. The van der Waals surface area contributed by atoms with E-state index in [9.17, 15) is 0 Å². The van der Waals surface area contributed by atoms with Crippen LogP contribution < -0.4 is 0 Å². The summed E-state index contributed by atoms with van der Waals surface area (Å²) in [5, 5.41) is 0. The van der Waals surface area contributed by atoms with Crippen LogP contribution in [-0.4, -0.2) is 16.4 Å². The van der Waals surface area contributed by atoms with Gasteiger partial charge in [-0.3, -0.25) is 0 Å². The molecule has 0 aromatic heterocycles. The van der Waals surface area contributed by atoms with Crippen molar-refractivity contribution < 1.29 is 31.7 Å². The van der Waals surface area contributed by atoms with Crippen LogP contribution in [0.4, 0.5) is 0 Å². The minimum absolute atomic E-state index is 0. The van der Waals surface area contributed by atoms with Crippen LogP contribution in [0.1, 0.15) is 7.43 Å². The maximum Gasteiger partial charge on any atom is 0 e. The molecule has 4 heavy (non-hydrogen) atoms. The van der Waals surface area contributed by atoms with Gasteiger partial charge in [0.05, 0.1) is 0 Å². The van der Waals surface area contributed by atoms with Crippen molar-refractivity contribution in [3.63, 3.8) is 0 Å². The van der Waals surface area contributed by atoms with Gasteiger partial charge in [0.2, 0.25) is 0 Å². The van der Waals surface area contributed by atoms with Crippen molar-refractivity contribution >= 4 is 11.0 Å². The van der Waals surface area contributed by atoms with Gasteiger partial charge in [0.1, 0.15) is 0 Å². The van der Waals surface area contributed by atoms with Crippen molar-refractivity contribution in [3.05, 3.63) is 0 Å². The summed E-state index contributed by atoms with van der Waals surface area (Å²) in [4.78, 5) is 0. The Morgan fingerprint density at radius 1 is 1.00 bits per heavy atom. The van der Waals surface area contributed by atoms with Gasteiger partial charge < -0.3 is 5.48 Å². The van der Waals surface area contributed by atoms with Crippen LogP contribution >= 0.6 is 0 Å². The smallest absolute Gasteiger partial charge is 0 e. The molecule has 0 saturated heterocycles. The Bertz CT molecular complexity index is 8.00. The van der Waals surface area contributed by atoms with Crippen LogP contribution in [0.25, 0.3) is 0 Å². The van der Waals surface area contributed by atoms with E-state index in [1.54, 1.807) is 0 Å². The first-order valence-corrected chi connectivity index (χ1v) is 0. The van der Waals surface area contributed by atoms with Gasteiger partial charge in [-0.15, -0.1) is 0 Å². The Balaban J connectivity index is 0. The van der Waals surface area contributed by atoms with Crippen LogP contribution in [0.15, 0.2) is 0 Å². The molecule has 0 aliphatic carbocycles. The minimum atomic E-state index is 0. The van der Waals surface area contributed by atoms with Crippen LogP contribution in [0.2, 0.25) is 0 Å². The summed E-state index contributed by atoms with van der Waals surface area (Å²) in [6.07, 6.45) is 0. The normalized spacial score (nSPS) is 0. The Morgan fingerprint density at radius 2 is 1.00 bits per heavy atom. The Morgan fingerprint density at radius 3 is 1.00 bits per heavy atom. The second-order valence-corrected chi connectivity index (χ2v) is 0.